The van der Waals surface area contributed by atoms with Crippen LogP contribution in [0.15, 0.2) is 67.7 Å². The number of hydrogen-bond acceptors (Lipinski definition) is 13. The zero-order valence-corrected chi connectivity index (χ0v) is 26.6. The maximum Gasteiger partial charge on any atom is 0.297 e. The summed E-state index contributed by atoms with van der Waals surface area (Å²) in [5.41, 5.74) is 11.6. The predicted octanol–water partition coefficient (Wildman–Crippen LogP) is 2.29. The van der Waals surface area contributed by atoms with Gasteiger partial charge < -0.3 is 36.3 Å². The van der Waals surface area contributed by atoms with Crippen molar-refractivity contribution in [3.8, 4) is 11.5 Å². The van der Waals surface area contributed by atoms with Gasteiger partial charge in [-0.2, -0.15) is 4.57 Å². The molecule has 18 heteroatoms. The minimum absolute atomic E-state index is 0.0122. The van der Waals surface area contributed by atoms with E-state index >= 15 is 0 Å². The summed E-state index contributed by atoms with van der Waals surface area (Å²) in [6, 6.07) is 11.3. The smallest absolute Gasteiger partial charge is 0.297 e. The largest absolute Gasteiger partial charge is 0.485 e. The average molecular weight is 680 g/mol. The van der Waals surface area contributed by atoms with Crippen LogP contribution >= 0.6 is 23.1 Å². The van der Waals surface area contributed by atoms with Crippen LogP contribution in [-0.4, -0.2) is 28.7 Å². The molecule has 2 aromatic carbocycles. The molecule has 0 saturated heterocycles. The van der Waals surface area contributed by atoms with Crippen molar-refractivity contribution in [1.82, 2.24) is 10.3 Å². The minimum Gasteiger partial charge on any atom is -0.485 e. The van der Waals surface area contributed by atoms with Crippen molar-refractivity contribution in [3.05, 3.63) is 91.8 Å². The maximum absolute atomic E-state index is 11.6. The topological polar surface area (TPSA) is 218 Å². The lowest BCUT2D eigenvalue weighted by atomic mass is 10.2. The molecule has 6 rings (SSSR count). The molecule has 0 aliphatic carbocycles. The van der Waals surface area contributed by atoms with Gasteiger partial charge in [-0.15, -0.1) is 0 Å². The Morgan fingerprint density at radius 1 is 0.957 bits per heavy atom. The van der Waals surface area contributed by atoms with Crippen molar-refractivity contribution < 1.29 is 42.7 Å². The first kappa shape index (κ1) is 31.4. The van der Waals surface area contributed by atoms with E-state index < -0.39 is 23.2 Å². The third kappa shape index (κ3) is 6.15. The van der Waals surface area contributed by atoms with Crippen LogP contribution in [-0.2, 0) is 19.8 Å². The third-order valence-corrected chi connectivity index (χ3v) is 9.36. The van der Waals surface area contributed by atoms with E-state index in [0.717, 1.165) is 30.8 Å². The second-order valence-corrected chi connectivity index (χ2v) is 12.0. The maximum atomic E-state index is 11.6. The number of thioether (sulfide) groups is 1. The number of carbonyl (C=O) groups is 2. The molecule has 2 amide bonds. The molecule has 0 atom stereocenters. The molecule has 1 aliphatic rings. The highest BCUT2D eigenvalue weighted by atomic mass is 32.2. The molecule has 1 aliphatic heterocycles. The lowest BCUT2D eigenvalue weighted by molar-refractivity contribution is -0.803. The molecule has 0 spiro atoms. The fourth-order valence-corrected chi connectivity index (χ4v) is 7.20. The lowest BCUT2D eigenvalue weighted by Crippen LogP contribution is -2.35. The van der Waals surface area contributed by atoms with Crippen molar-refractivity contribution in [2.75, 3.05) is 11.4 Å². The Labute approximate surface area is 274 Å². The van der Waals surface area contributed by atoms with E-state index in [9.17, 15) is 20.0 Å². The number of aromatic nitrogens is 5. The number of carbonyl (C=O) groups excluding carboxylic acids is 2. The molecule has 4 N–H and O–H groups in total. The molecular formula is C29H27N8O8S2+. The van der Waals surface area contributed by atoms with Crippen LogP contribution < -0.4 is 40.2 Å². The standard InChI is InChI=1S/C29H26N8O8S2/c1-3-34-20-12-16(42-14-18-26(28(30)38)36(40)44-32-18)8-10-22(20)46-24(34)6-5-7-25-35(4-2)21-13-17(9-11-23(21)47-25)43-15-19-27(29(31)39)37(41)45-33-19/h5-13H,3-4,14-15H2,1-2H3,(H3-,30,31,38,39)/p+1. The first-order valence-corrected chi connectivity index (χ1v) is 15.8. The predicted molar refractivity (Wildman–Crippen MR) is 167 cm³/mol. The number of nitrogens with two attached hydrogens (primary N) is 2. The Balaban J connectivity index is 1.16. The average Bonchev–Trinajstić information content (AvgIpc) is 3.80. The molecule has 0 radical (unpaired) electrons. The van der Waals surface area contributed by atoms with E-state index in [1.807, 2.05) is 42.5 Å². The molecule has 4 heterocycles. The lowest BCUT2D eigenvalue weighted by Gasteiger charge is -2.18. The molecule has 242 valence electrons. The second kappa shape index (κ2) is 13.0. The second-order valence-electron chi connectivity index (χ2n) is 9.91. The monoisotopic (exact) mass is 679 g/mol. The highest BCUT2D eigenvalue weighted by Gasteiger charge is 2.28. The summed E-state index contributed by atoms with van der Waals surface area (Å²) in [5.74, 6) is -0.859. The van der Waals surface area contributed by atoms with Crippen LogP contribution in [0.3, 0.4) is 0 Å². The molecule has 0 fully saturated rings. The Morgan fingerprint density at radius 3 is 2.17 bits per heavy atom. The van der Waals surface area contributed by atoms with Gasteiger partial charge in [-0.05, 0) is 54.0 Å². The van der Waals surface area contributed by atoms with E-state index in [2.05, 4.69) is 42.9 Å². The van der Waals surface area contributed by atoms with Crippen LogP contribution in [0.2, 0.25) is 0 Å². The van der Waals surface area contributed by atoms with Gasteiger partial charge in [0.15, 0.2) is 13.2 Å². The number of anilines is 1. The van der Waals surface area contributed by atoms with Crippen LogP contribution in [0.5, 0.6) is 11.5 Å². The Hall–Kier alpha value is -5.62. The molecular weight excluding hydrogens is 653 g/mol. The number of nitrogens with zero attached hydrogens (tertiary/aromatic N) is 6. The van der Waals surface area contributed by atoms with Crippen LogP contribution in [0.25, 0.3) is 16.3 Å². The van der Waals surface area contributed by atoms with Crippen molar-refractivity contribution in [2.24, 2.45) is 11.5 Å². The fraction of sp³-hybridized carbons (Fsp3) is 0.207. The van der Waals surface area contributed by atoms with Crippen LogP contribution in [0.4, 0.5) is 5.69 Å². The Bertz CT molecular complexity index is 2070. The Morgan fingerprint density at radius 2 is 1.57 bits per heavy atom. The van der Waals surface area contributed by atoms with Crippen molar-refractivity contribution >= 4 is 56.9 Å². The summed E-state index contributed by atoms with van der Waals surface area (Å²) in [6.07, 6.45) is 6.10. The van der Waals surface area contributed by atoms with E-state index in [0.29, 0.717) is 24.6 Å². The van der Waals surface area contributed by atoms with E-state index in [1.165, 1.54) is 0 Å². The SMILES string of the molecule is CCN1C(=CC=Cc2sc3ccc(OCc4no[n+]([O-])c4C(N)=O)cc3[n+]2CC)Sc2ccc(OCc3no[n+]([O-])c3C(N)=O)cc21. The minimum atomic E-state index is -0.954. The number of benzene rings is 2. The van der Waals surface area contributed by atoms with Gasteiger partial charge in [0.05, 0.1) is 16.8 Å². The fourth-order valence-electron chi connectivity index (χ4n) is 4.96. The highest BCUT2D eigenvalue weighted by Crippen LogP contribution is 2.47. The normalized spacial score (nSPS) is 13.6. The third-order valence-electron chi connectivity index (χ3n) is 7.09. The van der Waals surface area contributed by atoms with E-state index in [4.69, 9.17) is 20.9 Å². The van der Waals surface area contributed by atoms with Crippen molar-refractivity contribution in [2.45, 2.75) is 38.5 Å². The number of fused-ring (bicyclic) bond motifs is 2. The number of primary amides is 2. The molecule has 0 saturated carbocycles. The van der Waals surface area contributed by atoms with Crippen LogP contribution in [0, 0.1) is 10.4 Å². The number of aryl methyl sites for hydroxylation is 1. The van der Waals surface area contributed by atoms with Gasteiger partial charge in [0.25, 0.3) is 39.6 Å². The molecule has 3 aromatic heterocycles. The number of rotatable bonds is 12. The quantitative estimate of drug-likeness (QED) is 0.143. The summed E-state index contributed by atoms with van der Waals surface area (Å²) in [7, 11) is 0. The van der Waals surface area contributed by atoms with Crippen molar-refractivity contribution in [1.29, 1.82) is 0 Å². The van der Waals surface area contributed by atoms with E-state index in [-0.39, 0.29) is 34.4 Å². The number of allylic oxidation sites excluding steroid dienone is 2. The zero-order valence-electron chi connectivity index (χ0n) is 24.9. The Kier molecular flexibility index (Phi) is 8.68. The van der Waals surface area contributed by atoms with Crippen molar-refractivity contribution in [3.63, 3.8) is 0 Å². The molecule has 47 heavy (non-hydrogen) atoms. The van der Waals surface area contributed by atoms with Gasteiger partial charge in [-0.25, -0.2) is 0 Å². The van der Waals surface area contributed by atoms with Gasteiger partial charge in [-0.3, -0.25) is 18.8 Å². The van der Waals surface area contributed by atoms with Gasteiger partial charge >= 0.3 is 0 Å². The van der Waals surface area contributed by atoms with Gasteiger partial charge in [0.2, 0.25) is 5.52 Å². The summed E-state index contributed by atoms with van der Waals surface area (Å²) >= 11 is 3.25. The molecule has 0 bridgehead atoms. The zero-order chi connectivity index (χ0) is 33.2. The summed E-state index contributed by atoms with van der Waals surface area (Å²) in [4.78, 5) is 26.2. The van der Waals surface area contributed by atoms with Crippen LogP contribution in [0.1, 0.15) is 51.2 Å². The molecule has 0 unspecified atom stereocenters. The van der Waals surface area contributed by atoms with Gasteiger partial charge in [0, 0.05) is 33.9 Å². The first-order chi connectivity index (χ1) is 22.7. The highest BCUT2D eigenvalue weighted by molar-refractivity contribution is 8.03. The molecule has 5 aromatic rings. The number of ether oxygens (including phenoxy) is 2. The summed E-state index contributed by atoms with van der Waals surface area (Å²) in [5, 5.41) is 32.4. The summed E-state index contributed by atoms with van der Waals surface area (Å²) < 4.78 is 23.8. The number of thiazole rings is 1. The van der Waals surface area contributed by atoms with Gasteiger partial charge in [0.1, 0.15) is 22.7 Å². The van der Waals surface area contributed by atoms with Gasteiger partial charge in [-0.1, -0.05) is 29.2 Å². The summed E-state index contributed by atoms with van der Waals surface area (Å²) in [6.45, 7) is 5.18. The number of hydrogen-bond donors (Lipinski definition) is 2. The first-order valence-electron chi connectivity index (χ1n) is 14.1. The van der Waals surface area contributed by atoms with E-state index in [1.54, 1.807) is 35.2 Å². The number of amides is 2. The molecule has 16 nitrogen and oxygen atoms in total.